The number of carbonyl (C=O) groups excluding carboxylic acids is 2. The smallest absolute Gasteiger partial charge is 0.275 e. The largest absolute Gasteiger partial charge is 0.326 e. The molecule has 0 aliphatic carbocycles. The van der Waals surface area contributed by atoms with Gasteiger partial charge in [-0.3, -0.25) is 9.59 Å². The Hall–Kier alpha value is -3.06. The van der Waals surface area contributed by atoms with Crippen molar-refractivity contribution in [1.29, 1.82) is 0 Å². The fraction of sp³-hybridized carbons (Fsp3) is 0.105. The number of amides is 2. The predicted octanol–water partition coefficient (Wildman–Crippen LogP) is 4.47. The Balaban J connectivity index is 1.78. The van der Waals surface area contributed by atoms with Gasteiger partial charge in [-0.15, -0.1) is 11.3 Å². The molecule has 0 bridgehead atoms. The number of hydrogen-bond acceptors (Lipinski definition) is 4. The molecule has 1 aromatic heterocycles. The van der Waals surface area contributed by atoms with Crippen LogP contribution in [-0.4, -0.2) is 16.8 Å². The fourth-order valence-corrected chi connectivity index (χ4v) is 3.10. The summed E-state index contributed by atoms with van der Waals surface area (Å²) in [6.45, 7) is 3.34. The highest BCUT2D eigenvalue weighted by Crippen LogP contribution is 2.25. The molecule has 0 unspecified atom stereocenters. The second kappa shape index (κ2) is 7.45. The van der Waals surface area contributed by atoms with Gasteiger partial charge in [-0.1, -0.05) is 29.8 Å². The minimum atomic E-state index is -0.596. The molecular formula is C19H16FN3O2S. The number of benzene rings is 2. The summed E-state index contributed by atoms with van der Waals surface area (Å²) in [5.74, 6) is -1.39. The maximum atomic E-state index is 13.9. The first kappa shape index (κ1) is 17.8. The molecule has 0 aliphatic heterocycles. The Morgan fingerprint density at radius 2 is 1.81 bits per heavy atom. The van der Waals surface area contributed by atoms with Gasteiger partial charge in [-0.2, -0.15) is 0 Å². The molecule has 0 spiro atoms. The van der Waals surface area contributed by atoms with Gasteiger partial charge in [-0.05, 0) is 25.1 Å². The van der Waals surface area contributed by atoms with Crippen LogP contribution in [0.3, 0.4) is 0 Å². The first-order valence-corrected chi connectivity index (χ1v) is 8.71. The lowest BCUT2D eigenvalue weighted by Gasteiger charge is -2.08. The summed E-state index contributed by atoms with van der Waals surface area (Å²) in [5, 5.41) is 7.37. The number of carbonyl (C=O) groups is 2. The topological polar surface area (TPSA) is 71.1 Å². The Morgan fingerprint density at radius 3 is 2.50 bits per heavy atom. The van der Waals surface area contributed by atoms with Crippen molar-refractivity contribution in [2.45, 2.75) is 13.8 Å². The number of nitrogens with one attached hydrogen (secondary N) is 2. The van der Waals surface area contributed by atoms with E-state index in [1.807, 2.05) is 31.2 Å². The molecule has 0 fully saturated rings. The van der Waals surface area contributed by atoms with Gasteiger partial charge < -0.3 is 10.6 Å². The van der Waals surface area contributed by atoms with Crippen LogP contribution in [0.15, 0.2) is 47.8 Å². The minimum absolute atomic E-state index is 0.0221. The molecular weight excluding hydrogens is 353 g/mol. The summed E-state index contributed by atoms with van der Waals surface area (Å²) in [6, 6.07) is 11.8. The monoisotopic (exact) mass is 369 g/mol. The molecule has 0 atom stereocenters. The molecule has 2 N–H and O–H groups in total. The lowest BCUT2D eigenvalue weighted by molar-refractivity contribution is -0.114. The molecule has 0 aliphatic rings. The highest BCUT2D eigenvalue weighted by Gasteiger charge is 2.14. The number of anilines is 2. The minimum Gasteiger partial charge on any atom is -0.326 e. The molecule has 0 saturated heterocycles. The molecule has 2 amide bonds. The summed E-state index contributed by atoms with van der Waals surface area (Å²) >= 11 is 1.34. The van der Waals surface area contributed by atoms with Crippen molar-refractivity contribution in [2.24, 2.45) is 0 Å². The van der Waals surface area contributed by atoms with Gasteiger partial charge in [0.25, 0.3) is 5.91 Å². The average Bonchev–Trinajstić information content (AvgIpc) is 3.08. The molecule has 5 nitrogen and oxygen atoms in total. The zero-order valence-corrected chi connectivity index (χ0v) is 15.0. The van der Waals surface area contributed by atoms with Gasteiger partial charge in [-0.25, -0.2) is 9.37 Å². The number of aryl methyl sites for hydroxylation is 1. The molecule has 26 heavy (non-hydrogen) atoms. The van der Waals surface area contributed by atoms with Crippen LogP contribution < -0.4 is 10.6 Å². The van der Waals surface area contributed by atoms with E-state index in [4.69, 9.17) is 0 Å². The number of rotatable bonds is 4. The predicted molar refractivity (Wildman–Crippen MR) is 101 cm³/mol. The third-order valence-electron chi connectivity index (χ3n) is 3.57. The molecule has 3 aromatic rings. The summed E-state index contributed by atoms with van der Waals surface area (Å²) < 4.78 is 13.9. The van der Waals surface area contributed by atoms with E-state index in [0.29, 0.717) is 10.7 Å². The lowest BCUT2D eigenvalue weighted by Crippen LogP contribution is -2.14. The molecule has 0 radical (unpaired) electrons. The highest BCUT2D eigenvalue weighted by molar-refractivity contribution is 7.13. The quantitative estimate of drug-likeness (QED) is 0.713. The number of aromatic nitrogens is 1. The van der Waals surface area contributed by atoms with E-state index in [-0.39, 0.29) is 17.3 Å². The van der Waals surface area contributed by atoms with Gasteiger partial charge in [0.05, 0.1) is 5.69 Å². The van der Waals surface area contributed by atoms with Crippen LogP contribution in [0.5, 0.6) is 0 Å². The molecule has 7 heteroatoms. The Labute approximate surface area is 153 Å². The van der Waals surface area contributed by atoms with Gasteiger partial charge in [0.2, 0.25) is 5.91 Å². The second-order valence-electron chi connectivity index (χ2n) is 5.73. The normalized spacial score (nSPS) is 10.4. The van der Waals surface area contributed by atoms with Gasteiger partial charge in [0.1, 0.15) is 16.5 Å². The van der Waals surface area contributed by atoms with Crippen LogP contribution in [0.1, 0.15) is 23.0 Å². The molecule has 0 saturated carbocycles. The van der Waals surface area contributed by atoms with Crippen molar-refractivity contribution in [2.75, 3.05) is 10.6 Å². The van der Waals surface area contributed by atoms with Crippen LogP contribution >= 0.6 is 11.3 Å². The third kappa shape index (κ3) is 4.12. The maximum absolute atomic E-state index is 13.9. The second-order valence-corrected chi connectivity index (χ2v) is 6.59. The summed E-state index contributed by atoms with van der Waals surface area (Å²) in [5.41, 5.74) is 2.63. The van der Waals surface area contributed by atoms with Crippen molar-refractivity contribution in [3.8, 4) is 10.6 Å². The Bertz CT molecular complexity index is 967. The first-order valence-electron chi connectivity index (χ1n) is 7.83. The van der Waals surface area contributed by atoms with Crippen LogP contribution in [0.4, 0.5) is 15.8 Å². The third-order valence-corrected chi connectivity index (χ3v) is 4.46. The standard InChI is InChI=1S/C19H16FN3O2S/c1-11-3-5-13(6-4-11)19-23-17(10-26-19)18(25)22-16-9-14(21-12(2)24)7-8-15(16)20/h3-10H,1-2H3,(H,21,24)(H,22,25). The molecule has 3 rings (SSSR count). The summed E-state index contributed by atoms with van der Waals surface area (Å²) in [7, 11) is 0. The first-order chi connectivity index (χ1) is 12.4. The van der Waals surface area contributed by atoms with Crippen molar-refractivity contribution in [3.05, 3.63) is 64.9 Å². The molecule has 1 heterocycles. The van der Waals surface area contributed by atoms with Gasteiger partial charge in [0, 0.05) is 23.6 Å². The van der Waals surface area contributed by atoms with E-state index >= 15 is 0 Å². The van der Waals surface area contributed by atoms with Crippen molar-refractivity contribution < 1.29 is 14.0 Å². The number of nitrogens with zero attached hydrogens (tertiary/aromatic N) is 1. The highest BCUT2D eigenvalue weighted by atomic mass is 32.1. The van der Waals surface area contributed by atoms with E-state index < -0.39 is 11.7 Å². The van der Waals surface area contributed by atoms with Crippen LogP contribution in [0, 0.1) is 12.7 Å². The molecule has 132 valence electrons. The Morgan fingerprint density at radius 1 is 1.08 bits per heavy atom. The molecule has 2 aromatic carbocycles. The lowest BCUT2D eigenvalue weighted by atomic mass is 10.2. The van der Waals surface area contributed by atoms with Crippen molar-refractivity contribution >= 4 is 34.5 Å². The Kier molecular flexibility index (Phi) is 5.09. The van der Waals surface area contributed by atoms with Crippen molar-refractivity contribution in [1.82, 2.24) is 4.98 Å². The zero-order chi connectivity index (χ0) is 18.7. The fourth-order valence-electron chi connectivity index (χ4n) is 2.30. The van der Waals surface area contributed by atoms with E-state index in [9.17, 15) is 14.0 Å². The van der Waals surface area contributed by atoms with E-state index in [2.05, 4.69) is 15.6 Å². The van der Waals surface area contributed by atoms with Crippen LogP contribution in [0.25, 0.3) is 10.6 Å². The van der Waals surface area contributed by atoms with Crippen molar-refractivity contribution in [3.63, 3.8) is 0 Å². The zero-order valence-electron chi connectivity index (χ0n) is 14.2. The maximum Gasteiger partial charge on any atom is 0.275 e. The van der Waals surface area contributed by atoms with E-state index in [1.165, 1.54) is 36.5 Å². The number of hydrogen-bond donors (Lipinski definition) is 2. The summed E-state index contributed by atoms with van der Waals surface area (Å²) in [6.07, 6.45) is 0. The number of halogens is 1. The summed E-state index contributed by atoms with van der Waals surface area (Å²) in [4.78, 5) is 27.8. The van der Waals surface area contributed by atoms with Crippen LogP contribution in [-0.2, 0) is 4.79 Å². The van der Waals surface area contributed by atoms with Crippen LogP contribution in [0.2, 0.25) is 0 Å². The van der Waals surface area contributed by atoms with Gasteiger partial charge in [0.15, 0.2) is 0 Å². The number of thiazole rings is 1. The van der Waals surface area contributed by atoms with E-state index in [0.717, 1.165) is 11.1 Å². The van der Waals surface area contributed by atoms with Gasteiger partial charge >= 0.3 is 0 Å². The van der Waals surface area contributed by atoms with E-state index in [1.54, 1.807) is 5.38 Å². The average molecular weight is 369 g/mol. The SMILES string of the molecule is CC(=O)Nc1ccc(F)c(NC(=O)c2csc(-c3ccc(C)cc3)n2)c1.